The number of carboxylic acid groups (broad SMARTS) is 1. The van der Waals surface area contributed by atoms with Crippen LogP contribution >= 0.6 is 0 Å². The van der Waals surface area contributed by atoms with Crippen LogP contribution < -0.4 is 4.74 Å². The molecule has 0 aliphatic rings. The summed E-state index contributed by atoms with van der Waals surface area (Å²) in [6.07, 6.45) is 3.84. The van der Waals surface area contributed by atoms with Gasteiger partial charge in [-0.25, -0.2) is 4.79 Å². The van der Waals surface area contributed by atoms with Crippen LogP contribution in [0.1, 0.15) is 37.0 Å². The van der Waals surface area contributed by atoms with Gasteiger partial charge in [0.2, 0.25) is 0 Å². The van der Waals surface area contributed by atoms with E-state index in [1.807, 2.05) is 13.8 Å². The van der Waals surface area contributed by atoms with Gasteiger partial charge in [0.15, 0.2) is 0 Å². The summed E-state index contributed by atoms with van der Waals surface area (Å²) < 4.78 is 5.37. The van der Waals surface area contributed by atoms with Gasteiger partial charge in [0.25, 0.3) is 0 Å². The summed E-state index contributed by atoms with van der Waals surface area (Å²) in [7, 11) is 0. The first-order valence-electron chi connectivity index (χ1n) is 5.54. The molecule has 0 radical (unpaired) electrons. The Hall–Kier alpha value is -1.62. The predicted molar refractivity (Wildman–Crippen MR) is 62.2 cm³/mol. The fourth-order valence-electron chi connectivity index (χ4n) is 1.29. The van der Waals surface area contributed by atoms with Gasteiger partial charge < -0.3 is 14.9 Å². The summed E-state index contributed by atoms with van der Waals surface area (Å²) >= 11 is 0. The highest BCUT2D eigenvalue weighted by atomic mass is 16.5. The molecule has 2 N–H and O–H groups in total. The van der Waals surface area contributed by atoms with Gasteiger partial charge in [0, 0.05) is 6.20 Å². The van der Waals surface area contributed by atoms with Crippen molar-refractivity contribution in [2.24, 2.45) is 0 Å². The van der Waals surface area contributed by atoms with Gasteiger partial charge in [-0.15, -0.1) is 0 Å². The Morgan fingerprint density at radius 1 is 1.41 bits per heavy atom. The van der Waals surface area contributed by atoms with Crippen LogP contribution in [0, 0.1) is 0 Å². The molecule has 0 amide bonds. The zero-order chi connectivity index (χ0) is 12.9. The van der Waals surface area contributed by atoms with Crippen LogP contribution in [0.5, 0.6) is 5.75 Å². The minimum absolute atomic E-state index is 0.0686. The maximum Gasteiger partial charge on any atom is 0.337 e. The van der Waals surface area contributed by atoms with Gasteiger partial charge in [-0.2, -0.15) is 0 Å². The van der Waals surface area contributed by atoms with E-state index in [0.717, 1.165) is 0 Å². The SMILES string of the molecule is CCC(O)(CC)COc1cncc(C(=O)O)c1. The van der Waals surface area contributed by atoms with Crippen molar-refractivity contribution in [2.45, 2.75) is 32.3 Å². The number of hydrogen-bond donors (Lipinski definition) is 2. The number of carboxylic acids is 1. The molecule has 17 heavy (non-hydrogen) atoms. The molecule has 0 saturated heterocycles. The molecule has 5 heteroatoms. The first-order valence-corrected chi connectivity index (χ1v) is 5.54. The van der Waals surface area contributed by atoms with E-state index in [0.29, 0.717) is 18.6 Å². The average molecular weight is 239 g/mol. The highest BCUT2D eigenvalue weighted by Gasteiger charge is 2.23. The molecule has 0 bridgehead atoms. The predicted octanol–water partition coefficient (Wildman–Crippen LogP) is 1.71. The third-order valence-corrected chi connectivity index (χ3v) is 2.78. The lowest BCUT2D eigenvalue weighted by Gasteiger charge is -2.24. The number of nitrogens with zero attached hydrogens (tertiary/aromatic N) is 1. The third-order valence-electron chi connectivity index (χ3n) is 2.78. The van der Waals surface area contributed by atoms with Gasteiger partial charge in [-0.3, -0.25) is 4.98 Å². The van der Waals surface area contributed by atoms with E-state index in [1.165, 1.54) is 18.5 Å². The van der Waals surface area contributed by atoms with Crippen molar-refractivity contribution in [3.63, 3.8) is 0 Å². The molecule has 0 atom stereocenters. The number of aliphatic hydroxyl groups is 1. The molecule has 1 heterocycles. The number of rotatable bonds is 6. The normalized spacial score (nSPS) is 11.2. The standard InChI is InChI=1S/C12H17NO4/c1-3-12(16,4-2)8-17-10-5-9(11(14)15)6-13-7-10/h5-7,16H,3-4,8H2,1-2H3,(H,14,15). The van der Waals surface area contributed by atoms with E-state index in [1.54, 1.807) is 0 Å². The Kier molecular flexibility index (Phi) is 4.45. The van der Waals surface area contributed by atoms with Crippen molar-refractivity contribution in [3.8, 4) is 5.75 Å². The van der Waals surface area contributed by atoms with Crippen LogP contribution in [0.4, 0.5) is 0 Å². The molecule has 94 valence electrons. The molecule has 1 aromatic heterocycles. The van der Waals surface area contributed by atoms with E-state index in [9.17, 15) is 9.90 Å². The molecule has 1 aromatic rings. The van der Waals surface area contributed by atoms with Crippen LogP contribution in [0.2, 0.25) is 0 Å². The molecule has 1 rings (SSSR count). The Bertz CT molecular complexity index is 388. The number of carbonyl (C=O) groups is 1. The van der Waals surface area contributed by atoms with Gasteiger partial charge in [0.1, 0.15) is 12.4 Å². The summed E-state index contributed by atoms with van der Waals surface area (Å²) in [5.41, 5.74) is -0.807. The number of ether oxygens (including phenoxy) is 1. The lowest BCUT2D eigenvalue weighted by Crippen LogP contribution is -2.34. The number of hydrogen-bond acceptors (Lipinski definition) is 4. The summed E-state index contributed by atoms with van der Waals surface area (Å²) in [5, 5.41) is 18.8. The summed E-state index contributed by atoms with van der Waals surface area (Å²) in [5.74, 6) is -0.700. The van der Waals surface area contributed by atoms with Crippen molar-refractivity contribution < 1.29 is 19.7 Å². The average Bonchev–Trinajstić information content (AvgIpc) is 2.36. The smallest absolute Gasteiger partial charge is 0.337 e. The Balaban J connectivity index is 2.69. The minimum Gasteiger partial charge on any atom is -0.489 e. The monoisotopic (exact) mass is 239 g/mol. The van der Waals surface area contributed by atoms with Gasteiger partial charge in [0.05, 0.1) is 17.4 Å². The fraction of sp³-hybridized carbons (Fsp3) is 0.500. The maximum atomic E-state index is 10.7. The van der Waals surface area contributed by atoms with Crippen LogP contribution in [0.15, 0.2) is 18.5 Å². The Morgan fingerprint density at radius 3 is 2.59 bits per heavy atom. The van der Waals surface area contributed by atoms with Crippen LogP contribution in [0.3, 0.4) is 0 Å². The number of pyridine rings is 1. The van der Waals surface area contributed by atoms with Crippen molar-refractivity contribution in [1.82, 2.24) is 4.98 Å². The molecule has 0 saturated carbocycles. The van der Waals surface area contributed by atoms with Crippen molar-refractivity contribution in [3.05, 3.63) is 24.0 Å². The summed E-state index contributed by atoms with van der Waals surface area (Å²) in [6.45, 7) is 3.88. The quantitative estimate of drug-likeness (QED) is 0.790. The lowest BCUT2D eigenvalue weighted by molar-refractivity contribution is -0.0114. The fourth-order valence-corrected chi connectivity index (χ4v) is 1.29. The molecule has 0 fully saturated rings. The van der Waals surface area contributed by atoms with Crippen molar-refractivity contribution in [2.75, 3.05) is 6.61 Å². The van der Waals surface area contributed by atoms with E-state index in [4.69, 9.17) is 9.84 Å². The second-order valence-electron chi connectivity index (χ2n) is 3.93. The largest absolute Gasteiger partial charge is 0.489 e. The molecule has 0 spiro atoms. The Morgan fingerprint density at radius 2 is 2.06 bits per heavy atom. The van der Waals surface area contributed by atoms with Crippen molar-refractivity contribution in [1.29, 1.82) is 0 Å². The second kappa shape index (κ2) is 5.63. The van der Waals surface area contributed by atoms with E-state index in [-0.39, 0.29) is 12.2 Å². The highest BCUT2D eigenvalue weighted by molar-refractivity contribution is 5.87. The molecular formula is C12H17NO4. The Labute approximate surface area is 100 Å². The zero-order valence-electron chi connectivity index (χ0n) is 10.0. The molecule has 5 nitrogen and oxygen atoms in total. The van der Waals surface area contributed by atoms with Crippen LogP contribution in [0.25, 0.3) is 0 Å². The summed E-state index contributed by atoms with van der Waals surface area (Å²) in [6, 6.07) is 1.39. The number of aromatic nitrogens is 1. The zero-order valence-corrected chi connectivity index (χ0v) is 10.0. The third kappa shape index (κ3) is 3.71. The topological polar surface area (TPSA) is 79.7 Å². The minimum atomic E-state index is -1.05. The molecular weight excluding hydrogens is 222 g/mol. The first kappa shape index (κ1) is 13.4. The van der Waals surface area contributed by atoms with Crippen LogP contribution in [-0.2, 0) is 0 Å². The first-order chi connectivity index (χ1) is 8.00. The maximum absolute atomic E-state index is 10.7. The molecule has 0 unspecified atom stereocenters. The van der Waals surface area contributed by atoms with E-state index >= 15 is 0 Å². The lowest BCUT2D eigenvalue weighted by atomic mass is 9.99. The van der Waals surface area contributed by atoms with Gasteiger partial charge in [-0.05, 0) is 18.9 Å². The van der Waals surface area contributed by atoms with Crippen LogP contribution in [-0.4, -0.2) is 33.4 Å². The number of aromatic carboxylic acids is 1. The second-order valence-corrected chi connectivity index (χ2v) is 3.93. The van der Waals surface area contributed by atoms with E-state index in [2.05, 4.69) is 4.98 Å². The van der Waals surface area contributed by atoms with Crippen molar-refractivity contribution >= 4 is 5.97 Å². The summed E-state index contributed by atoms with van der Waals surface area (Å²) in [4.78, 5) is 14.5. The highest BCUT2D eigenvalue weighted by Crippen LogP contribution is 2.18. The van der Waals surface area contributed by atoms with Gasteiger partial charge in [-0.1, -0.05) is 13.8 Å². The molecule has 0 aliphatic carbocycles. The molecule has 0 aliphatic heterocycles. The molecule has 0 aromatic carbocycles. The van der Waals surface area contributed by atoms with Gasteiger partial charge >= 0.3 is 5.97 Å². The van der Waals surface area contributed by atoms with E-state index < -0.39 is 11.6 Å².